The predicted molar refractivity (Wildman–Crippen MR) is 103 cm³/mol. The van der Waals surface area contributed by atoms with Crippen LogP contribution >= 0.6 is 0 Å². The lowest BCUT2D eigenvalue weighted by Gasteiger charge is -2.16. The zero-order valence-electron chi connectivity index (χ0n) is 15.1. The first-order chi connectivity index (χ1) is 12.8. The Morgan fingerprint density at radius 2 is 1.77 bits per heavy atom. The molecule has 3 rings (SSSR count). The number of hydrogen-bond donors (Lipinski definition) is 2. The van der Waals surface area contributed by atoms with E-state index in [1.165, 1.54) is 38.5 Å². The maximum Gasteiger partial charge on any atom is 0.251 e. The molecule has 138 valence electrons. The van der Waals surface area contributed by atoms with Crippen LogP contribution in [-0.4, -0.2) is 30.0 Å². The van der Waals surface area contributed by atoms with Gasteiger partial charge in [0.05, 0.1) is 6.20 Å². The molecule has 0 spiro atoms. The van der Waals surface area contributed by atoms with Gasteiger partial charge < -0.3 is 15.4 Å². The first-order valence-electron chi connectivity index (χ1n) is 9.51. The van der Waals surface area contributed by atoms with Gasteiger partial charge in [0.2, 0.25) is 0 Å². The molecule has 1 aliphatic rings. The highest BCUT2D eigenvalue weighted by Crippen LogP contribution is 2.20. The first-order valence-corrected chi connectivity index (χ1v) is 9.51. The van der Waals surface area contributed by atoms with E-state index in [-0.39, 0.29) is 5.91 Å². The van der Waals surface area contributed by atoms with Gasteiger partial charge in [-0.2, -0.15) is 0 Å². The maximum absolute atomic E-state index is 12.2. The van der Waals surface area contributed by atoms with Crippen molar-refractivity contribution < 1.29 is 9.53 Å². The van der Waals surface area contributed by atoms with Crippen molar-refractivity contribution in [2.24, 2.45) is 0 Å². The number of amides is 1. The first kappa shape index (κ1) is 18.4. The summed E-state index contributed by atoms with van der Waals surface area (Å²) in [4.78, 5) is 16.2. The van der Waals surface area contributed by atoms with Crippen LogP contribution in [0.3, 0.4) is 0 Å². The molecular formula is C21H27N3O2. The summed E-state index contributed by atoms with van der Waals surface area (Å²) in [6, 6.07) is 11.4. The van der Waals surface area contributed by atoms with E-state index in [9.17, 15) is 4.79 Å². The fraction of sp³-hybridized carbons (Fsp3) is 0.429. The zero-order valence-corrected chi connectivity index (χ0v) is 15.1. The van der Waals surface area contributed by atoms with E-state index in [4.69, 9.17) is 4.74 Å². The predicted octanol–water partition coefficient (Wildman–Crippen LogP) is 3.92. The van der Waals surface area contributed by atoms with E-state index in [0.29, 0.717) is 29.6 Å². The van der Waals surface area contributed by atoms with Crippen molar-refractivity contribution in [3.8, 4) is 11.5 Å². The molecule has 1 aliphatic carbocycles. The summed E-state index contributed by atoms with van der Waals surface area (Å²) in [5.74, 6) is 1.31. The Morgan fingerprint density at radius 3 is 2.46 bits per heavy atom. The molecule has 1 fully saturated rings. The van der Waals surface area contributed by atoms with Gasteiger partial charge in [-0.25, -0.2) is 0 Å². The lowest BCUT2D eigenvalue weighted by molar-refractivity contribution is 0.0953. The molecule has 0 radical (unpaired) electrons. The number of rotatable bonds is 7. The van der Waals surface area contributed by atoms with Crippen molar-refractivity contribution in [3.05, 3.63) is 54.4 Å². The molecule has 26 heavy (non-hydrogen) atoms. The Hall–Kier alpha value is -2.40. The van der Waals surface area contributed by atoms with Crippen molar-refractivity contribution in [3.63, 3.8) is 0 Å². The molecule has 5 heteroatoms. The van der Waals surface area contributed by atoms with E-state index >= 15 is 0 Å². The third-order valence-electron chi connectivity index (χ3n) is 4.69. The van der Waals surface area contributed by atoms with Crippen molar-refractivity contribution in [2.45, 2.75) is 44.6 Å². The Kier molecular flexibility index (Phi) is 7.02. The summed E-state index contributed by atoms with van der Waals surface area (Å²) in [7, 11) is 0. The van der Waals surface area contributed by atoms with Crippen molar-refractivity contribution in [1.82, 2.24) is 15.6 Å². The molecule has 0 saturated heterocycles. The van der Waals surface area contributed by atoms with Gasteiger partial charge >= 0.3 is 0 Å². The van der Waals surface area contributed by atoms with Crippen molar-refractivity contribution in [1.29, 1.82) is 0 Å². The monoisotopic (exact) mass is 353 g/mol. The van der Waals surface area contributed by atoms with Crippen LogP contribution < -0.4 is 15.4 Å². The Labute approximate surface area is 155 Å². The van der Waals surface area contributed by atoms with E-state index in [1.54, 1.807) is 36.7 Å². The number of benzene rings is 1. The number of hydrogen-bond acceptors (Lipinski definition) is 4. The van der Waals surface area contributed by atoms with E-state index in [1.807, 2.05) is 12.1 Å². The third kappa shape index (κ3) is 5.85. The highest BCUT2D eigenvalue weighted by Gasteiger charge is 2.11. The van der Waals surface area contributed by atoms with E-state index in [2.05, 4.69) is 15.6 Å². The topological polar surface area (TPSA) is 63.2 Å². The standard InChI is InChI=1S/C21H27N3O2/c25-21(24-15-14-23-18-6-3-1-2-4-7-18)17-9-11-19(12-10-17)26-20-8-5-13-22-16-20/h5,8-13,16,18,23H,1-4,6-7,14-15H2,(H,24,25). The number of carbonyl (C=O) groups excluding carboxylic acids is 1. The van der Waals surface area contributed by atoms with Crippen molar-refractivity contribution >= 4 is 5.91 Å². The minimum absolute atomic E-state index is 0.0550. The van der Waals surface area contributed by atoms with Crippen LogP contribution in [0.5, 0.6) is 11.5 Å². The fourth-order valence-electron chi connectivity index (χ4n) is 3.26. The van der Waals surface area contributed by atoms with Gasteiger partial charge in [0.15, 0.2) is 0 Å². The SMILES string of the molecule is O=C(NCCNC1CCCCCC1)c1ccc(Oc2cccnc2)cc1. The lowest BCUT2D eigenvalue weighted by Crippen LogP contribution is -2.36. The second-order valence-electron chi connectivity index (χ2n) is 6.71. The highest BCUT2D eigenvalue weighted by atomic mass is 16.5. The molecule has 0 unspecified atom stereocenters. The second-order valence-corrected chi connectivity index (χ2v) is 6.71. The normalized spacial score (nSPS) is 15.2. The average molecular weight is 353 g/mol. The minimum atomic E-state index is -0.0550. The van der Waals surface area contributed by atoms with Crippen LogP contribution in [0.25, 0.3) is 0 Å². The Bertz CT molecular complexity index is 665. The summed E-state index contributed by atoms with van der Waals surface area (Å²) >= 11 is 0. The number of ether oxygens (including phenoxy) is 1. The largest absolute Gasteiger partial charge is 0.456 e. The molecule has 2 N–H and O–H groups in total. The zero-order chi connectivity index (χ0) is 18.0. The molecule has 0 aliphatic heterocycles. The van der Waals surface area contributed by atoms with Crippen molar-refractivity contribution in [2.75, 3.05) is 13.1 Å². The molecule has 0 atom stereocenters. The van der Waals surface area contributed by atoms with Gasteiger partial charge in [-0.05, 0) is 49.2 Å². The highest BCUT2D eigenvalue weighted by molar-refractivity contribution is 5.94. The number of carbonyl (C=O) groups is 1. The van der Waals surface area contributed by atoms with Crippen LogP contribution in [0.1, 0.15) is 48.9 Å². The van der Waals surface area contributed by atoms with Crippen LogP contribution in [0.15, 0.2) is 48.8 Å². The third-order valence-corrected chi connectivity index (χ3v) is 4.69. The molecule has 5 nitrogen and oxygen atoms in total. The number of pyridine rings is 1. The fourth-order valence-corrected chi connectivity index (χ4v) is 3.26. The molecule has 1 aromatic heterocycles. The molecule has 1 saturated carbocycles. The van der Waals surface area contributed by atoms with Gasteiger partial charge in [-0.1, -0.05) is 25.7 Å². The smallest absolute Gasteiger partial charge is 0.251 e. The van der Waals surface area contributed by atoms with Gasteiger partial charge in [-0.3, -0.25) is 9.78 Å². The van der Waals surface area contributed by atoms with Gasteiger partial charge in [0.1, 0.15) is 11.5 Å². The molecule has 0 bridgehead atoms. The van der Waals surface area contributed by atoms with Crippen LogP contribution in [0, 0.1) is 0 Å². The average Bonchev–Trinajstić information content (AvgIpc) is 2.95. The summed E-state index contributed by atoms with van der Waals surface area (Å²) in [5, 5.41) is 6.54. The van der Waals surface area contributed by atoms with E-state index in [0.717, 1.165) is 6.54 Å². The molecule has 2 aromatic rings. The van der Waals surface area contributed by atoms with Crippen LogP contribution in [-0.2, 0) is 0 Å². The van der Waals surface area contributed by atoms with E-state index < -0.39 is 0 Å². The van der Waals surface area contributed by atoms with Gasteiger partial charge in [-0.15, -0.1) is 0 Å². The minimum Gasteiger partial charge on any atom is -0.456 e. The summed E-state index contributed by atoms with van der Waals surface area (Å²) in [6.45, 7) is 1.46. The lowest BCUT2D eigenvalue weighted by atomic mass is 10.1. The molecular weight excluding hydrogens is 326 g/mol. The maximum atomic E-state index is 12.2. The van der Waals surface area contributed by atoms with Gasteiger partial charge in [0.25, 0.3) is 5.91 Å². The molecule has 1 heterocycles. The number of nitrogens with zero attached hydrogens (tertiary/aromatic N) is 1. The Balaban J connectivity index is 1.40. The van der Waals surface area contributed by atoms with Gasteiger partial charge in [0, 0.05) is 30.9 Å². The summed E-state index contributed by atoms with van der Waals surface area (Å²) < 4.78 is 5.68. The number of aromatic nitrogens is 1. The van der Waals surface area contributed by atoms with Crippen LogP contribution in [0.4, 0.5) is 0 Å². The molecule has 1 amide bonds. The second kappa shape index (κ2) is 9.92. The summed E-state index contributed by atoms with van der Waals surface area (Å²) in [6.07, 6.45) is 11.2. The Morgan fingerprint density at radius 1 is 1.00 bits per heavy atom. The number of nitrogens with one attached hydrogen (secondary N) is 2. The quantitative estimate of drug-likeness (QED) is 0.585. The summed E-state index contributed by atoms with van der Waals surface area (Å²) in [5.41, 5.74) is 0.637. The molecule has 1 aromatic carbocycles. The van der Waals surface area contributed by atoms with Crippen LogP contribution in [0.2, 0.25) is 0 Å².